The lowest BCUT2D eigenvalue weighted by Crippen LogP contribution is -1.94. The van der Waals surface area contributed by atoms with Gasteiger partial charge in [-0.15, -0.1) is 0 Å². The molecule has 0 aliphatic rings. The number of hydrogen-bond donors (Lipinski definition) is 1. The fourth-order valence-electron chi connectivity index (χ4n) is 1.30. The molecule has 0 aliphatic carbocycles. The Balaban J connectivity index is 3.39. The van der Waals surface area contributed by atoms with Gasteiger partial charge in [0.25, 0.3) is 0 Å². The second-order valence-electron chi connectivity index (χ2n) is 2.90. The predicted octanol–water partition coefficient (Wildman–Crippen LogP) is 2.03. The Morgan fingerprint density at radius 3 is 2.23 bits per heavy atom. The van der Waals surface area contributed by atoms with Crippen LogP contribution in [0.4, 0.5) is 0 Å². The van der Waals surface area contributed by atoms with Crippen LogP contribution >= 0.6 is 0 Å². The van der Waals surface area contributed by atoms with Gasteiger partial charge >= 0.3 is 0 Å². The summed E-state index contributed by atoms with van der Waals surface area (Å²) in [6.07, 6.45) is 0. The van der Waals surface area contributed by atoms with Crippen molar-refractivity contribution in [2.45, 2.75) is 13.8 Å². The van der Waals surface area contributed by atoms with Crippen LogP contribution in [0.25, 0.3) is 0 Å². The largest absolute Gasteiger partial charge is 0.504 e. The summed E-state index contributed by atoms with van der Waals surface area (Å²) in [5.41, 5.74) is 1.56. The Kier molecular flexibility index (Phi) is 2.66. The lowest BCUT2D eigenvalue weighted by atomic mass is 10.1. The summed E-state index contributed by atoms with van der Waals surface area (Å²) in [7, 11) is 3.12. The second kappa shape index (κ2) is 3.56. The molecule has 0 spiro atoms. The van der Waals surface area contributed by atoms with E-state index in [2.05, 4.69) is 0 Å². The molecule has 3 nitrogen and oxygen atoms in total. The first-order valence-electron chi connectivity index (χ1n) is 4.03. The SMILES string of the molecule is COc1cc(C)c(O)c(OC)c1C. The molecule has 0 radical (unpaired) electrons. The number of aryl methyl sites for hydroxylation is 1. The van der Waals surface area contributed by atoms with Gasteiger partial charge in [0.1, 0.15) is 5.75 Å². The molecule has 1 N–H and O–H groups in total. The predicted molar refractivity (Wildman–Crippen MR) is 50.7 cm³/mol. The highest BCUT2D eigenvalue weighted by atomic mass is 16.5. The number of rotatable bonds is 2. The number of aromatic hydroxyl groups is 1. The zero-order valence-corrected chi connectivity index (χ0v) is 8.34. The van der Waals surface area contributed by atoms with Crippen LogP contribution in [0, 0.1) is 13.8 Å². The molecule has 0 aromatic heterocycles. The lowest BCUT2D eigenvalue weighted by molar-refractivity contribution is 0.358. The van der Waals surface area contributed by atoms with Crippen molar-refractivity contribution in [3.63, 3.8) is 0 Å². The monoisotopic (exact) mass is 182 g/mol. The number of methoxy groups -OCH3 is 2. The zero-order chi connectivity index (χ0) is 10.0. The minimum Gasteiger partial charge on any atom is -0.504 e. The van der Waals surface area contributed by atoms with E-state index in [0.717, 1.165) is 16.9 Å². The molecule has 72 valence electrons. The van der Waals surface area contributed by atoms with Crippen LogP contribution in [0.3, 0.4) is 0 Å². The van der Waals surface area contributed by atoms with Gasteiger partial charge in [0.2, 0.25) is 0 Å². The van der Waals surface area contributed by atoms with Gasteiger partial charge in [0, 0.05) is 5.56 Å². The molecule has 0 saturated heterocycles. The number of ether oxygens (including phenoxy) is 2. The highest BCUT2D eigenvalue weighted by Crippen LogP contribution is 2.38. The molecule has 1 rings (SSSR count). The third-order valence-electron chi connectivity index (χ3n) is 2.07. The fraction of sp³-hybridized carbons (Fsp3) is 0.400. The van der Waals surface area contributed by atoms with Gasteiger partial charge < -0.3 is 14.6 Å². The normalized spacial score (nSPS) is 9.85. The smallest absolute Gasteiger partial charge is 0.167 e. The minimum atomic E-state index is 0.181. The molecule has 0 bridgehead atoms. The molecule has 0 fully saturated rings. The van der Waals surface area contributed by atoms with Crippen LogP contribution < -0.4 is 9.47 Å². The van der Waals surface area contributed by atoms with Crippen molar-refractivity contribution in [3.8, 4) is 17.2 Å². The quantitative estimate of drug-likeness (QED) is 0.760. The molecule has 13 heavy (non-hydrogen) atoms. The first kappa shape index (κ1) is 9.71. The van der Waals surface area contributed by atoms with E-state index in [0.29, 0.717) is 5.75 Å². The van der Waals surface area contributed by atoms with Gasteiger partial charge in [0.15, 0.2) is 11.5 Å². The van der Waals surface area contributed by atoms with Crippen molar-refractivity contribution in [3.05, 3.63) is 17.2 Å². The minimum absolute atomic E-state index is 0.181. The third-order valence-corrected chi connectivity index (χ3v) is 2.07. The second-order valence-corrected chi connectivity index (χ2v) is 2.90. The zero-order valence-electron chi connectivity index (χ0n) is 8.34. The van der Waals surface area contributed by atoms with E-state index in [1.165, 1.54) is 7.11 Å². The molecule has 1 aromatic rings. The molecule has 1 aromatic carbocycles. The Labute approximate surface area is 77.9 Å². The summed E-state index contributed by atoms with van der Waals surface area (Å²) in [4.78, 5) is 0. The van der Waals surface area contributed by atoms with Crippen molar-refractivity contribution in [2.24, 2.45) is 0 Å². The van der Waals surface area contributed by atoms with Gasteiger partial charge in [-0.2, -0.15) is 0 Å². The van der Waals surface area contributed by atoms with E-state index < -0.39 is 0 Å². The molecule has 0 atom stereocenters. The number of benzene rings is 1. The van der Waals surface area contributed by atoms with E-state index in [-0.39, 0.29) is 5.75 Å². The van der Waals surface area contributed by atoms with Crippen molar-refractivity contribution >= 4 is 0 Å². The highest BCUT2D eigenvalue weighted by molar-refractivity contribution is 5.56. The van der Waals surface area contributed by atoms with Crippen LogP contribution in [0.15, 0.2) is 6.07 Å². The lowest BCUT2D eigenvalue weighted by Gasteiger charge is -2.13. The third kappa shape index (κ3) is 1.54. The molecule has 0 amide bonds. The Morgan fingerprint density at radius 2 is 1.77 bits per heavy atom. The Hall–Kier alpha value is -1.38. The first-order valence-corrected chi connectivity index (χ1v) is 4.03. The van der Waals surface area contributed by atoms with Crippen molar-refractivity contribution in [1.29, 1.82) is 0 Å². The van der Waals surface area contributed by atoms with Crippen LogP contribution in [0.1, 0.15) is 11.1 Å². The standard InChI is InChI=1S/C10H14O3/c1-6-5-8(12-3)7(2)10(13-4)9(6)11/h5,11H,1-4H3. The summed E-state index contributed by atoms with van der Waals surface area (Å²) in [5.74, 6) is 1.39. The van der Waals surface area contributed by atoms with Crippen LogP contribution in [-0.4, -0.2) is 19.3 Å². The maximum atomic E-state index is 9.62. The molecule has 3 heteroatoms. The number of phenolic OH excluding ortho intramolecular Hbond substituents is 1. The number of hydrogen-bond acceptors (Lipinski definition) is 3. The van der Waals surface area contributed by atoms with Crippen LogP contribution in [-0.2, 0) is 0 Å². The maximum Gasteiger partial charge on any atom is 0.167 e. The van der Waals surface area contributed by atoms with Crippen LogP contribution in [0.2, 0.25) is 0 Å². The van der Waals surface area contributed by atoms with E-state index in [1.807, 2.05) is 6.92 Å². The summed E-state index contributed by atoms with van der Waals surface area (Å²) >= 11 is 0. The van der Waals surface area contributed by atoms with E-state index in [4.69, 9.17) is 9.47 Å². The average Bonchev–Trinajstić information content (AvgIpc) is 2.12. The molecule has 0 heterocycles. The molecule has 0 saturated carbocycles. The average molecular weight is 182 g/mol. The summed E-state index contributed by atoms with van der Waals surface area (Å²) in [5, 5.41) is 9.62. The first-order chi connectivity index (χ1) is 6.11. The van der Waals surface area contributed by atoms with E-state index in [1.54, 1.807) is 20.1 Å². The molecular weight excluding hydrogens is 168 g/mol. The van der Waals surface area contributed by atoms with Gasteiger partial charge in [0.05, 0.1) is 14.2 Å². The van der Waals surface area contributed by atoms with Gasteiger partial charge in [-0.25, -0.2) is 0 Å². The Bertz CT molecular complexity index is 318. The summed E-state index contributed by atoms with van der Waals surface area (Å²) < 4.78 is 10.2. The topological polar surface area (TPSA) is 38.7 Å². The molecule has 0 unspecified atom stereocenters. The maximum absolute atomic E-state index is 9.62. The van der Waals surface area contributed by atoms with Gasteiger partial charge in [-0.1, -0.05) is 0 Å². The van der Waals surface area contributed by atoms with Gasteiger partial charge in [-0.05, 0) is 25.5 Å². The van der Waals surface area contributed by atoms with Gasteiger partial charge in [-0.3, -0.25) is 0 Å². The van der Waals surface area contributed by atoms with Crippen LogP contribution in [0.5, 0.6) is 17.2 Å². The fourth-order valence-corrected chi connectivity index (χ4v) is 1.30. The Morgan fingerprint density at radius 1 is 1.15 bits per heavy atom. The van der Waals surface area contributed by atoms with Crippen molar-refractivity contribution in [2.75, 3.05) is 14.2 Å². The van der Waals surface area contributed by atoms with Crippen molar-refractivity contribution in [1.82, 2.24) is 0 Å². The molecular formula is C10H14O3. The molecule has 0 aliphatic heterocycles. The van der Waals surface area contributed by atoms with Crippen molar-refractivity contribution < 1.29 is 14.6 Å². The number of phenols is 1. The summed E-state index contributed by atoms with van der Waals surface area (Å²) in [6.45, 7) is 3.65. The highest BCUT2D eigenvalue weighted by Gasteiger charge is 2.13. The van der Waals surface area contributed by atoms with E-state index >= 15 is 0 Å². The van der Waals surface area contributed by atoms with E-state index in [9.17, 15) is 5.11 Å². The summed E-state index contributed by atoms with van der Waals surface area (Å²) in [6, 6.07) is 1.78.